The molecule has 0 aromatic heterocycles. The number of aliphatic carboxylic acids is 1. The van der Waals surface area contributed by atoms with Crippen LogP contribution in [0, 0.1) is 5.92 Å². The van der Waals surface area contributed by atoms with Gasteiger partial charge in [0.2, 0.25) is 12.7 Å². The Kier molecular flexibility index (Phi) is 6.30. The van der Waals surface area contributed by atoms with Crippen LogP contribution in [-0.2, 0) is 14.3 Å². The fraction of sp³-hybridized carbons (Fsp3) is 0.440. The highest BCUT2D eigenvalue weighted by atomic mass is 16.7. The molecule has 2 fully saturated rings. The van der Waals surface area contributed by atoms with E-state index in [1.165, 1.54) is 0 Å². The van der Waals surface area contributed by atoms with Gasteiger partial charge in [-0.25, -0.2) is 0 Å². The number of benzene rings is 2. The maximum Gasteiger partial charge on any atom is 0.309 e. The molecule has 0 radical (unpaired) electrons. The van der Waals surface area contributed by atoms with Gasteiger partial charge in [0.25, 0.3) is 0 Å². The van der Waals surface area contributed by atoms with Gasteiger partial charge in [0.1, 0.15) is 5.75 Å². The van der Waals surface area contributed by atoms with E-state index < -0.39 is 17.9 Å². The molecule has 3 aliphatic rings. The molecule has 34 heavy (non-hydrogen) atoms. The highest BCUT2D eigenvalue weighted by molar-refractivity contribution is 5.79. The van der Waals surface area contributed by atoms with Crippen molar-refractivity contribution < 1.29 is 33.6 Å². The van der Waals surface area contributed by atoms with Crippen molar-refractivity contribution in [2.45, 2.75) is 12.0 Å². The normalized spacial score (nSPS) is 24.3. The second-order valence-corrected chi connectivity index (χ2v) is 8.72. The summed E-state index contributed by atoms with van der Waals surface area (Å²) < 4.78 is 21.6. The summed E-state index contributed by atoms with van der Waals surface area (Å²) in [6.07, 6.45) is 0. The predicted molar refractivity (Wildman–Crippen MR) is 121 cm³/mol. The number of nitrogens with zero attached hydrogens (tertiary/aromatic N) is 2. The van der Waals surface area contributed by atoms with Gasteiger partial charge in [0.05, 0.1) is 32.8 Å². The van der Waals surface area contributed by atoms with E-state index in [9.17, 15) is 14.7 Å². The largest absolute Gasteiger partial charge is 0.497 e. The van der Waals surface area contributed by atoms with Crippen molar-refractivity contribution in [3.05, 3.63) is 53.6 Å². The van der Waals surface area contributed by atoms with Crippen LogP contribution in [0.25, 0.3) is 0 Å². The third kappa shape index (κ3) is 4.28. The number of rotatable bonds is 6. The molecule has 3 unspecified atom stereocenters. The third-order valence-electron chi connectivity index (χ3n) is 6.87. The standard InChI is InChI=1S/C25H28N2O7/c1-31-18-5-2-16(3-6-18)24-23(25(29)30)19(17-4-7-20-21(12-17)34-15-33-20)13-27(24)14-22(28)26-8-10-32-11-9-26/h2-7,12,19,23-24H,8-11,13-15H2,1H3,(H,29,30). The summed E-state index contributed by atoms with van der Waals surface area (Å²) in [5.74, 6) is -0.0213. The van der Waals surface area contributed by atoms with E-state index >= 15 is 0 Å². The number of likely N-dealkylation sites (tertiary alicyclic amines) is 1. The molecule has 3 aliphatic heterocycles. The van der Waals surface area contributed by atoms with Gasteiger partial charge in [-0.3, -0.25) is 14.5 Å². The minimum atomic E-state index is -0.898. The molecule has 0 aliphatic carbocycles. The number of ether oxygens (including phenoxy) is 4. The number of carboxylic acid groups (broad SMARTS) is 1. The molecule has 3 heterocycles. The zero-order valence-electron chi connectivity index (χ0n) is 19.0. The summed E-state index contributed by atoms with van der Waals surface area (Å²) in [5.41, 5.74) is 1.70. The number of hydrogen-bond donors (Lipinski definition) is 1. The lowest BCUT2D eigenvalue weighted by atomic mass is 9.82. The van der Waals surface area contributed by atoms with Gasteiger partial charge >= 0.3 is 5.97 Å². The minimum Gasteiger partial charge on any atom is -0.497 e. The Hall–Kier alpha value is -3.30. The molecule has 1 N–H and O–H groups in total. The van der Waals surface area contributed by atoms with Crippen LogP contribution in [0.15, 0.2) is 42.5 Å². The van der Waals surface area contributed by atoms with Crippen LogP contribution in [0.1, 0.15) is 23.1 Å². The fourth-order valence-corrected chi connectivity index (χ4v) is 5.16. The molecule has 2 saturated heterocycles. The van der Waals surface area contributed by atoms with Crippen molar-refractivity contribution in [3.8, 4) is 17.2 Å². The molecular weight excluding hydrogens is 440 g/mol. The number of methoxy groups -OCH3 is 1. The number of carbonyl (C=O) groups is 2. The highest BCUT2D eigenvalue weighted by Crippen LogP contribution is 2.47. The number of carbonyl (C=O) groups excluding carboxylic acids is 1. The Balaban J connectivity index is 1.49. The molecule has 3 atom stereocenters. The average molecular weight is 469 g/mol. The van der Waals surface area contributed by atoms with Crippen molar-refractivity contribution in [2.75, 3.05) is 53.3 Å². The molecule has 0 bridgehead atoms. The van der Waals surface area contributed by atoms with E-state index in [4.69, 9.17) is 18.9 Å². The Morgan fingerprint density at radius 2 is 1.74 bits per heavy atom. The smallest absolute Gasteiger partial charge is 0.309 e. The predicted octanol–water partition coefficient (Wildman–Crippen LogP) is 2.12. The van der Waals surface area contributed by atoms with Crippen LogP contribution in [0.3, 0.4) is 0 Å². The van der Waals surface area contributed by atoms with Gasteiger partial charge in [-0.1, -0.05) is 18.2 Å². The third-order valence-corrected chi connectivity index (χ3v) is 6.87. The van der Waals surface area contributed by atoms with Gasteiger partial charge in [-0.05, 0) is 35.4 Å². The van der Waals surface area contributed by atoms with Gasteiger partial charge in [-0.2, -0.15) is 0 Å². The van der Waals surface area contributed by atoms with Crippen LogP contribution in [0.2, 0.25) is 0 Å². The van der Waals surface area contributed by atoms with E-state index in [2.05, 4.69) is 0 Å². The molecule has 9 heteroatoms. The highest BCUT2D eigenvalue weighted by Gasteiger charge is 2.48. The molecule has 5 rings (SSSR count). The lowest BCUT2D eigenvalue weighted by Gasteiger charge is -2.31. The lowest BCUT2D eigenvalue weighted by molar-refractivity contribution is -0.144. The molecule has 180 valence electrons. The zero-order chi connectivity index (χ0) is 23.7. The van der Waals surface area contributed by atoms with Gasteiger partial charge < -0.3 is 29.0 Å². The Bertz CT molecular complexity index is 1050. The Morgan fingerprint density at radius 1 is 1.03 bits per heavy atom. The first kappa shape index (κ1) is 22.5. The van der Waals surface area contributed by atoms with Crippen molar-refractivity contribution in [3.63, 3.8) is 0 Å². The Labute approximate surface area is 197 Å². The number of amides is 1. The van der Waals surface area contributed by atoms with Crippen LogP contribution >= 0.6 is 0 Å². The summed E-state index contributed by atoms with van der Waals surface area (Å²) in [7, 11) is 1.59. The second kappa shape index (κ2) is 9.52. The summed E-state index contributed by atoms with van der Waals surface area (Å²) in [5, 5.41) is 10.4. The summed E-state index contributed by atoms with van der Waals surface area (Å²) in [6.45, 7) is 2.86. The molecule has 2 aromatic rings. The summed E-state index contributed by atoms with van der Waals surface area (Å²) in [6, 6.07) is 12.5. The monoisotopic (exact) mass is 468 g/mol. The van der Waals surface area contributed by atoms with Gasteiger partial charge in [-0.15, -0.1) is 0 Å². The molecule has 0 spiro atoms. The Morgan fingerprint density at radius 3 is 2.44 bits per heavy atom. The fourth-order valence-electron chi connectivity index (χ4n) is 5.16. The lowest BCUT2D eigenvalue weighted by Crippen LogP contribution is -2.46. The van der Waals surface area contributed by atoms with E-state index in [1.807, 2.05) is 47.4 Å². The van der Waals surface area contributed by atoms with E-state index in [0.29, 0.717) is 50.1 Å². The molecule has 1 amide bonds. The van der Waals surface area contributed by atoms with E-state index in [-0.39, 0.29) is 25.2 Å². The summed E-state index contributed by atoms with van der Waals surface area (Å²) >= 11 is 0. The molecule has 2 aromatic carbocycles. The topological polar surface area (TPSA) is 97.8 Å². The van der Waals surface area contributed by atoms with Crippen molar-refractivity contribution in [1.29, 1.82) is 0 Å². The molecule has 0 saturated carbocycles. The van der Waals surface area contributed by atoms with Crippen LogP contribution in [0.4, 0.5) is 0 Å². The molecular formula is C25H28N2O7. The van der Waals surface area contributed by atoms with Crippen LogP contribution in [0.5, 0.6) is 17.2 Å². The quantitative estimate of drug-likeness (QED) is 0.689. The summed E-state index contributed by atoms with van der Waals surface area (Å²) in [4.78, 5) is 29.6. The minimum absolute atomic E-state index is 0.0164. The van der Waals surface area contributed by atoms with Crippen LogP contribution in [-0.4, -0.2) is 80.1 Å². The molecule has 9 nitrogen and oxygen atoms in total. The van der Waals surface area contributed by atoms with Gasteiger partial charge in [0.15, 0.2) is 11.5 Å². The maximum atomic E-state index is 13.1. The van der Waals surface area contributed by atoms with Gasteiger partial charge in [0, 0.05) is 31.6 Å². The first-order chi connectivity index (χ1) is 16.5. The first-order valence-corrected chi connectivity index (χ1v) is 11.4. The number of fused-ring (bicyclic) bond motifs is 1. The zero-order valence-corrected chi connectivity index (χ0v) is 19.0. The van der Waals surface area contributed by atoms with Crippen LogP contribution < -0.4 is 14.2 Å². The maximum absolute atomic E-state index is 13.1. The SMILES string of the molecule is COc1ccc(C2C(C(=O)O)C(c3ccc4c(c3)OCO4)CN2CC(=O)N2CCOCC2)cc1. The average Bonchev–Trinajstić information content (AvgIpc) is 3.49. The second-order valence-electron chi connectivity index (χ2n) is 8.72. The van der Waals surface area contributed by atoms with Crippen molar-refractivity contribution in [1.82, 2.24) is 9.80 Å². The first-order valence-electron chi connectivity index (χ1n) is 11.4. The van der Waals surface area contributed by atoms with Crippen molar-refractivity contribution >= 4 is 11.9 Å². The van der Waals surface area contributed by atoms with E-state index in [0.717, 1.165) is 11.1 Å². The number of carboxylic acids is 1. The van der Waals surface area contributed by atoms with Crippen molar-refractivity contribution in [2.24, 2.45) is 5.92 Å². The van der Waals surface area contributed by atoms with E-state index in [1.54, 1.807) is 12.0 Å². The number of morpholine rings is 1. The number of hydrogen-bond acceptors (Lipinski definition) is 7.